The van der Waals surface area contributed by atoms with E-state index >= 15 is 0 Å². The minimum absolute atomic E-state index is 0.720. The first-order valence-corrected chi connectivity index (χ1v) is 6.16. The van der Waals surface area contributed by atoms with Gasteiger partial charge in [-0.3, -0.25) is 5.43 Å². The number of anilines is 1. The van der Waals surface area contributed by atoms with E-state index in [4.69, 9.17) is 11.6 Å². The van der Waals surface area contributed by atoms with Gasteiger partial charge in [0.1, 0.15) is 0 Å². The summed E-state index contributed by atoms with van der Waals surface area (Å²) < 4.78 is 0. The van der Waals surface area contributed by atoms with E-state index in [2.05, 4.69) is 17.5 Å². The molecule has 0 aliphatic carbocycles. The lowest BCUT2D eigenvalue weighted by Gasteiger charge is -2.04. The van der Waals surface area contributed by atoms with Crippen molar-refractivity contribution in [3.05, 3.63) is 64.7 Å². The van der Waals surface area contributed by atoms with Crippen LogP contribution in [0.5, 0.6) is 0 Å². The van der Waals surface area contributed by atoms with Crippen LogP contribution in [0, 0.1) is 6.92 Å². The Labute approximate surface area is 112 Å². The molecule has 1 N–H and O–H groups in total. The maximum absolute atomic E-state index is 5.95. The van der Waals surface area contributed by atoms with Crippen LogP contribution in [-0.2, 0) is 0 Å². The fourth-order valence-electron chi connectivity index (χ4n) is 1.55. The van der Waals surface area contributed by atoms with Crippen molar-refractivity contribution in [2.45, 2.75) is 13.8 Å². The zero-order chi connectivity index (χ0) is 13.0. The Morgan fingerprint density at radius 3 is 2.50 bits per heavy atom. The molecule has 0 bridgehead atoms. The van der Waals surface area contributed by atoms with Crippen molar-refractivity contribution in [2.24, 2.45) is 5.10 Å². The van der Waals surface area contributed by atoms with Crippen LogP contribution in [0.3, 0.4) is 0 Å². The van der Waals surface area contributed by atoms with Crippen molar-refractivity contribution < 1.29 is 0 Å². The van der Waals surface area contributed by atoms with Crippen LogP contribution in [0.25, 0.3) is 0 Å². The SMILES string of the molecule is C/C(=N/Nc1ccc(C)cc1)c1cccc(Cl)c1. The van der Waals surface area contributed by atoms with Crippen molar-refractivity contribution in [3.8, 4) is 0 Å². The number of aryl methyl sites for hydroxylation is 1. The Morgan fingerprint density at radius 2 is 1.83 bits per heavy atom. The van der Waals surface area contributed by atoms with Crippen LogP contribution in [0.2, 0.25) is 5.02 Å². The summed E-state index contributed by atoms with van der Waals surface area (Å²) in [6, 6.07) is 15.8. The first-order valence-electron chi connectivity index (χ1n) is 5.78. The summed E-state index contributed by atoms with van der Waals surface area (Å²) in [5.41, 5.74) is 7.16. The average Bonchev–Trinajstić information content (AvgIpc) is 2.38. The number of rotatable bonds is 3. The highest BCUT2D eigenvalue weighted by Gasteiger charge is 1.98. The standard InChI is InChI=1S/C15H15ClN2/c1-11-6-8-15(9-7-11)18-17-12(2)13-4-3-5-14(16)10-13/h3-10,18H,1-2H3/b17-12-. The molecular weight excluding hydrogens is 244 g/mol. The van der Waals surface area contributed by atoms with E-state index < -0.39 is 0 Å². The van der Waals surface area contributed by atoms with Crippen LogP contribution >= 0.6 is 11.6 Å². The molecule has 0 spiro atoms. The molecule has 0 atom stereocenters. The monoisotopic (exact) mass is 258 g/mol. The largest absolute Gasteiger partial charge is 0.278 e. The van der Waals surface area contributed by atoms with Crippen molar-refractivity contribution in [1.82, 2.24) is 0 Å². The van der Waals surface area contributed by atoms with Gasteiger partial charge in [0.05, 0.1) is 11.4 Å². The fourth-order valence-corrected chi connectivity index (χ4v) is 1.74. The van der Waals surface area contributed by atoms with Gasteiger partial charge in [0.15, 0.2) is 0 Å². The maximum atomic E-state index is 5.95. The number of nitrogens with one attached hydrogen (secondary N) is 1. The van der Waals surface area contributed by atoms with Crippen molar-refractivity contribution in [1.29, 1.82) is 0 Å². The van der Waals surface area contributed by atoms with Gasteiger partial charge in [-0.1, -0.05) is 41.4 Å². The first-order chi connectivity index (χ1) is 8.65. The number of hydrazone groups is 1. The first kappa shape index (κ1) is 12.7. The second-order valence-electron chi connectivity index (χ2n) is 4.19. The van der Waals surface area contributed by atoms with Gasteiger partial charge in [-0.2, -0.15) is 5.10 Å². The maximum Gasteiger partial charge on any atom is 0.0649 e. The molecule has 0 heterocycles. The van der Waals surface area contributed by atoms with Gasteiger partial charge in [-0.25, -0.2) is 0 Å². The van der Waals surface area contributed by atoms with Crippen LogP contribution in [-0.4, -0.2) is 5.71 Å². The average molecular weight is 259 g/mol. The van der Waals surface area contributed by atoms with E-state index in [0.29, 0.717) is 0 Å². The van der Waals surface area contributed by atoms with Gasteiger partial charge in [-0.05, 0) is 43.7 Å². The molecule has 2 rings (SSSR count). The normalized spacial score (nSPS) is 11.4. The molecule has 0 fully saturated rings. The molecule has 0 aliphatic heterocycles. The number of hydrogen-bond acceptors (Lipinski definition) is 2. The zero-order valence-electron chi connectivity index (χ0n) is 10.4. The van der Waals surface area contributed by atoms with Gasteiger partial charge in [-0.15, -0.1) is 0 Å². The topological polar surface area (TPSA) is 24.4 Å². The summed E-state index contributed by atoms with van der Waals surface area (Å²) in [5.74, 6) is 0. The Balaban J connectivity index is 2.11. The van der Waals surface area contributed by atoms with Crippen LogP contribution in [0.1, 0.15) is 18.1 Å². The highest BCUT2D eigenvalue weighted by atomic mass is 35.5. The lowest BCUT2D eigenvalue weighted by Crippen LogP contribution is -1.99. The number of halogens is 1. The molecule has 2 aromatic carbocycles. The van der Waals surface area contributed by atoms with E-state index in [-0.39, 0.29) is 0 Å². The van der Waals surface area contributed by atoms with Crippen molar-refractivity contribution >= 4 is 23.0 Å². The minimum atomic E-state index is 0.720. The molecule has 2 nitrogen and oxygen atoms in total. The highest BCUT2D eigenvalue weighted by Crippen LogP contribution is 2.12. The number of nitrogens with zero attached hydrogens (tertiary/aromatic N) is 1. The summed E-state index contributed by atoms with van der Waals surface area (Å²) in [6.45, 7) is 4.01. The van der Waals surface area contributed by atoms with Gasteiger partial charge in [0.2, 0.25) is 0 Å². The summed E-state index contributed by atoms with van der Waals surface area (Å²) in [6.07, 6.45) is 0. The molecule has 0 unspecified atom stereocenters. The zero-order valence-corrected chi connectivity index (χ0v) is 11.2. The summed E-state index contributed by atoms with van der Waals surface area (Å²) >= 11 is 5.95. The highest BCUT2D eigenvalue weighted by molar-refractivity contribution is 6.31. The number of hydrogen-bond donors (Lipinski definition) is 1. The molecule has 18 heavy (non-hydrogen) atoms. The summed E-state index contributed by atoms with van der Waals surface area (Å²) in [5, 5.41) is 5.06. The van der Waals surface area contributed by atoms with E-state index in [1.165, 1.54) is 5.56 Å². The second-order valence-corrected chi connectivity index (χ2v) is 4.62. The van der Waals surface area contributed by atoms with Crippen LogP contribution in [0.15, 0.2) is 53.6 Å². The van der Waals surface area contributed by atoms with Gasteiger partial charge >= 0.3 is 0 Å². The summed E-state index contributed by atoms with van der Waals surface area (Å²) in [7, 11) is 0. The molecule has 92 valence electrons. The Kier molecular flexibility index (Phi) is 4.00. The van der Waals surface area contributed by atoms with Crippen molar-refractivity contribution in [2.75, 3.05) is 5.43 Å². The Hall–Kier alpha value is -1.80. The molecule has 3 heteroatoms. The molecule has 0 saturated heterocycles. The molecular formula is C15H15ClN2. The van der Waals surface area contributed by atoms with Crippen LogP contribution < -0.4 is 5.43 Å². The Bertz CT molecular complexity index is 559. The molecule has 0 radical (unpaired) electrons. The lowest BCUT2D eigenvalue weighted by molar-refractivity contribution is 1.31. The van der Waals surface area contributed by atoms with E-state index in [1.807, 2.05) is 55.5 Å². The molecule has 0 aromatic heterocycles. The lowest BCUT2D eigenvalue weighted by atomic mass is 10.1. The summed E-state index contributed by atoms with van der Waals surface area (Å²) in [4.78, 5) is 0. The van der Waals surface area contributed by atoms with Crippen molar-refractivity contribution in [3.63, 3.8) is 0 Å². The molecule has 0 aliphatic rings. The van der Waals surface area contributed by atoms with Crippen LogP contribution in [0.4, 0.5) is 5.69 Å². The second kappa shape index (κ2) is 5.69. The van der Waals surface area contributed by atoms with E-state index in [0.717, 1.165) is 22.0 Å². The Morgan fingerprint density at radius 1 is 1.11 bits per heavy atom. The molecule has 0 amide bonds. The predicted molar refractivity (Wildman–Crippen MR) is 78.5 cm³/mol. The third kappa shape index (κ3) is 3.34. The van der Waals surface area contributed by atoms with E-state index in [9.17, 15) is 0 Å². The fraction of sp³-hybridized carbons (Fsp3) is 0.133. The van der Waals surface area contributed by atoms with Gasteiger partial charge in [0.25, 0.3) is 0 Å². The van der Waals surface area contributed by atoms with E-state index in [1.54, 1.807) is 0 Å². The third-order valence-electron chi connectivity index (χ3n) is 2.65. The number of benzene rings is 2. The minimum Gasteiger partial charge on any atom is -0.278 e. The smallest absolute Gasteiger partial charge is 0.0649 e. The quantitative estimate of drug-likeness (QED) is 0.637. The predicted octanol–water partition coefficient (Wildman–Crippen LogP) is 4.48. The molecule has 2 aromatic rings. The molecule has 0 saturated carbocycles. The third-order valence-corrected chi connectivity index (χ3v) is 2.88. The van der Waals surface area contributed by atoms with Gasteiger partial charge in [0, 0.05) is 5.02 Å². The van der Waals surface area contributed by atoms with Gasteiger partial charge < -0.3 is 0 Å².